The van der Waals surface area contributed by atoms with Crippen LogP contribution in [0.5, 0.6) is 11.5 Å². The minimum atomic E-state index is -0.270. The number of fused-ring (bicyclic) bond motifs is 1. The summed E-state index contributed by atoms with van der Waals surface area (Å²) in [7, 11) is 0. The van der Waals surface area contributed by atoms with Crippen LogP contribution in [0, 0.1) is 12.7 Å². The summed E-state index contributed by atoms with van der Waals surface area (Å²) in [4.78, 5) is 13.4. The fourth-order valence-corrected chi connectivity index (χ4v) is 4.22. The Labute approximate surface area is 267 Å². The Bertz CT molecular complexity index is 1330. The van der Waals surface area contributed by atoms with E-state index in [-0.39, 0.29) is 18.5 Å². The lowest BCUT2D eigenvalue weighted by atomic mass is 10.1. The zero-order valence-corrected chi connectivity index (χ0v) is 26.9. The number of ether oxygens (including phenoxy) is 1. The number of amides is 1. The molecule has 5 rings (SSSR count). The molecule has 0 spiro atoms. The molecule has 5 N–H and O–H groups in total. The fraction of sp³-hybridized carbons (Fsp3) is 0.270. The summed E-state index contributed by atoms with van der Waals surface area (Å²) in [6.07, 6.45) is 3.11. The Morgan fingerprint density at radius 2 is 1.36 bits per heavy atom. The zero-order chi connectivity index (χ0) is 33.5. The molecular formula is C37H48FN3O4. The monoisotopic (exact) mass is 617 g/mol. The summed E-state index contributed by atoms with van der Waals surface area (Å²) in [6, 6.07) is 31.7. The maximum absolute atomic E-state index is 12.8. The molecule has 1 aliphatic heterocycles. The SMILES string of the molecule is C=C1c2ccccc2C(=O)N1CC.CC.Cc1ccccc1.NO.OCNCCCCc1ccc(Oc2ccc(F)cc2)cc1. The van der Waals surface area contributed by atoms with Crippen LogP contribution in [0.1, 0.15) is 60.7 Å². The first-order valence-corrected chi connectivity index (χ1v) is 15.1. The van der Waals surface area contributed by atoms with E-state index in [0.717, 1.165) is 48.4 Å². The van der Waals surface area contributed by atoms with Gasteiger partial charge in [-0.05, 0) is 87.7 Å². The van der Waals surface area contributed by atoms with Gasteiger partial charge in [0, 0.05) is 23.4 Å². The van der Waals surface area contributed by atoms with Crippen molar-refractivity contribution in [2.75, 3.05) is 19.8 Å². The van der Waals surface area contributed by atoms with E-state index in [0.29, 0.717) is 12.3 Å². The Morgan fingerprint density at radius 1 is 0.822 bits per heavy atom. The third-order valence-corrected chi connectivity index (χ3v) is 6.45. The molecule has 4 aromatic rings. The molecule has 4 aromatic carbocycles. The van der Waals surface area contributed by atoms with Gasteiger partial charge in [-0.15, -0.1) is 0 Å². The van der Waals surface area contributed by atoms with Gasteiger partial charge in [0.05, 0.1) is 6.73 Å². The van der Waals surface area contributed by atoms with Gasteiger partial charge in [0.25, 0.3) is 5.91 Å². The zero-order valence-electron chi connectivity index (χ0n) is 26.9. The van der Waals surface area contributed by atoms with E-state index in [1.807, 2.05) is 87.5 Å². The molecule has 0 atom stereocenters. The van der Waals surface area contributed by atoms with Crippen molar-refractivity contribution in [1.82, 2.24) is 10.2 Å². The number of aryl methyl sites for hydroxylation is 2. The highest BCUT2D eigenvalue weighted by Gasteiger charge is 2.28. The molecule has 0 saturated carbocycles. The third kappa shape index (κ3) is 13.9. The van der Waals surface area contributed by atoms with Crippen molar-refractivity contribution in [2.45, 2.75) is 47.0 Å². The Hall–Kier alpha value is -4.34. The van der Waals surface area contributed by atoms with Crippen molar-refractivity contribution in [2.24, 2.45) is 5.90 Å². The van der Waals surface area contributed by atoms with Gasteiger partial charge < -0.3 is 20.0 Å². The maximum Gasteiger partial charge on any atom is 0.258 e. The van der Waals surface area contributed by atoms with Gasteiger partial charge in [0.15, 0.2) is 0 Å². The summed E-state index contributed by atoms with van der Waals surface area (Å²) in [5, 5.41) is 18.0. The molecule has 0 unspecified atom stereocenters. The number of hydrogen-bond acceptors (Lipinski definition) is 6. The fourth-order valence-electron chi connectivity index (χ4n) is 4.22. The van der Waals surface area contributed by atoms with E-state index < -0.39 is 0 Å². The number of benzene rings is 4. The first-order valence-electron chi connectivity index (χ1n) is 15.1. The van der Waals surface area contributed by atoms with Crippen molar-refractivity contribution in [1.29, 1.82) is 0 Å². The van der Waals surface area contributed by atoms with E-state index >= 15 is 0 Å². The average Bonchev–Trinajstić information content (AvgIpc) is 3.34. The normalized spacial score (nSPS) is 10.9. The van der Waals surface area contributed by atoms with E-state index in [1.54, 1.807) is 17.0 Å². The van der Waals surface area contributed by atoms with E-state index in [4.69, 9.17) is 15.1 Å². The summed E-state index contributed by atoms with van der Waals surface area (Å²) in [6.45, 7) is 13.5. The topological polar surface area (TPSA) is 108 Å². The predicted octanol–water partition coefficient (Wildman–Crippen LogP) is 7.97. The quantitative estimate of drug-likeness (QED) is 0.0862. The number of aliphatic hydroxyl groups excluding tert-OH is 1. The number of unbranched alkanes of at least 4 members (excludes halogenated alkanes) is 1. The van der Waals surface area contributed by atoms with Crippen LogP contribution in [0.3, 0.4) is 0 Å². The van der Waals surface area contributed by atoms with E-state index in [9.17, 15) is 9.18 Å². The second-order valence-electron chi connectivity index (χ2n) is 9.51. The number of hydrogen-bond donors (Lipinski definition) is 4. The lowest BCUT2D eigenvalue weighted by Gasteiger charge is -2.13. The van der Waals surface area contributed by atoms with Crippen LogP contribution in [0.2, 0.25) is 0 Å². The Morgan fingerprint density at radius 3 is 1.84 bits per heavy atom. The van der Waals surface area contributed by atoms with Gasteiger partial charge in [-0.3, -0.25) is 10.1 Å². The van der Waals surface area contributed by atoms with Crippen molar-refractivity contribution in [3.05, 3.63) is 138 Å². The van der Waals surface area contributed by atoms with Crippen molar-refractivity contribution < 1.29 is 24.2 Å². The van der Waals surface area contributed by atoms with Gasteiger partial charge in [-0.1, -0.05) is 86.7 Å². The first kappa shape index (κ1) is 38.7. The average molecular weight is 618 g/mol. The summed E-state index contributed by atoms with van der Waals surface area (Å²) < 4.78 is 18.4. The van der Waals surface area contributed by atoms with Gasteiger partial charge >= 0.3 is 0 Å². The molecule has 0 saturated heterocycles. The largest absolute Gasteiger partial charge is 0.457 e. The summed E-state index contributed by atoms with van der Waals surface area (Å²) in [5.74, 6) is 4.67. The van der Waals surface area contributed by atoms with Crippen LogP contribution < -0.4 is 16.0 Å². The van der Waals surface area contributed by atoms with Crippen molar-refractivity contribution in [3.63, 3.8) is 0 Å². The molecule has 8 heteroatoms. The van der Waals surface area contributed by atoms with Crippen LogP contribution in [0.4, 0.5) is 4.39 Å². The van der Waals surface area contributed by atoms with E-state index in [2.05, 4.69) is 36.8 Å². The maximum atomic E-state index is 12.8. The Kier molecular flexibility index (Phi) is 19.9. The molecule has 242 valence electrons. The Balaban J connectivity index is 0.000000357. The van der Waals surface area contributed by atoms with E-state index in [1.165, 1.54) is 23.3 Å². The number of aliphatic hydroxyl groups is 1. The number of nitrogens with one attached hydrogen (secondary N) is 1. The molecule has 0 aromatic heterocycles. The second-order valence-corrected chi connectivity index (χ2v) is 9.51. The molecular weight excluding hydrogens is 569 g/mol. The van der Waals surface area contributed by atoms with Gasteiger partial charge in [-0.25, -0.2) is 10.3 Å². The standard InChI is InChI=1S/C17H20FNO2.C11H11NO.C7H8.C2H6.H3NO/c18-15-6-10-17(11-7-15)21-16-8-4-14(5-9-16)3-1-2-12-19-13-20;1-3-12-8(2)9-6-4-5-7-10(9)11(12)13;1-7-5-3-2-4-6-7;2*1-2/h4-11,19-20H,1-3,12-13H2;4-7H,2-3H2,1H3;2-6H,1H3;1-2H3;2H,1H2. The van der Waals surface area contributed by atoms with Crippen LogP contribution in [0.15, 0.2) is 110 Å². The second kappa shape index (κ2) is 23.1. The number of halogens is 1. The molecule has 1 amide bonds. The summed E-state index contributed by atoms with van der Waals surface area (Å²) in [5.41, 5.74) is 5.14. The number of carbonyl (C=O) groups is 1. The third-order valence-electron chi connectivity index (χ3n) is 6.45. The number of nitrogens with two attached hydrogens (primary N) is 1. The van der Waals surface area contributed by atoms with Crippen molar-refractivity contribution >= 4 is 11.6 Å². The highest BCUT2D eigenvalue weighted by atomic mass is 19.1. The van der Waals surface area contributed by atoms with Gasteiger partial charge in [0.2, 0.25) is 0 Å². The molecule has 45 heavy (non-hydrogen) atoms. The lowest BCUT2D eigenvalue weighted by molar-refractivity contribution is 0.0856. The van der Waals surface area contributed by atoms with Crippen molar-refractivity contribution in [3.8, 4) is 11.5 Å². The molecule has 0 radical (unpaired) electrons. The minimum Gasteiger partial charge on any atom is -0.457 e. The van der Waals surface area contributed by atoms with Crippen LogP contribution in [0.25, 0.3) is 5.70 Å². The highest BCUT2D eigenvalue weighted by molar-refractivity contribution is 6.08. The van der Waals surface area contributed by atoms with Crippen LogP contribution in [-0.2, 0) is 6.42 Å². The van der Waals surface area contributed by atoms with Gasteiger partial charge in [-0.2, -0.15) is 0 Å². The molecule has 1 heterocycles. The van der Waals surface area contributed by atoms with Crippen LogP contribution in [-0.4, -0.2) is 40.9 Å². The molecule has 1 aliphatic rings. The predicted molar refractivity (Wildman–Crippen MR) is 182 cm³/mol. The molecule has 0 aliphatic carbocycles. The summed E-state index contributed by atoms with van der Waals surface area (Å²) >= 11 is 0. The van der Waals surface area contributed by atoms with Gasteiger partial charge in [0.1, 0.15) is 17.3 Å². The number of rotatable bonds is 9. The number of carbonyl (C=O) groups excluding carboxylic acids is 1. The minimum absolute atomic E-state index is 0.0371. The van der Waals surface area contributed by atoms with Crippen LogP contribution >= 0.6 is 0 Å². The molecule has 0 bridgehead atoms. The molecule has 0 fully saturated rings. The first-order chi connectivity index (χ1) is 21.9. The molecule has 7 nitrogen and oxygen atoms in total. The highest BCUT2D eigenvalue weighted by Crippen LogP contribution is 2.30. The lowest BCUT2D eigenvalue weighted by Crippen LogP contribution is -2.21. The smallest absolute Gasteiger partial charge is 0.258 e. The number of nitrogens with zero attached hydrogens (tertiary/aromatic N) is 1.